The highest BCUT2D eigenvalue weighted by Crippen LogP contribution is 2.28. The standard InChI is InChI=1S/C13H17FO2S/c1-9(15)16-8-17-12-6-5-10(7-11(12)14)13(2,3)4/h5-7H,8H2,1-4H3. The topological polar surface area (TPSA) is 26.3 Å². The van der Waals surface area contributed by atoms with Gasteiger partial charge in [-0.3, -0.25) is 4.79 Å². The quantitative estimate of drug-likeness (QED) is 0.468. The van der Waals surface area contributed by atoms with E-state index in [4.69, 9.17) is 4.74 Å². The molecule has 0 saturated carbocycles. The molecule has 0 amide bonds. The van der Waals surface area contributed by atoms with Gasteiger partial charge in [-0.15, -0.1) is 0 Å². The van der Waals surface area contributed by atoms with E-state index in [-0.39, 0.29) is 23.1 Å². The molecule has 0 aliphatic carbocycles. The summed E-state index contributed by atoms with van der Waals surface area (Å²) in [6.07, 6.45) is 0. The first-order valence-corrected chi connectivity index (χ1v) is 6.35. The van der Waals surface area contributed by atoms with Crippen molar-refractivity contribution in [3.8, 4) is 0 Å². The van der Waals surface area contributed by atoms with E-state index < -0.39 is 0 Å². The normalized spacial score (nSPS) is 11.4. The number of benzene rings is 1. The highest BCUT2D eigenvalue weighted by atomic mass is 32.2. The molecular weight excluding hydrogens is 239 g/mol. The molecule has 0 aromatic heterocycles. The zero-order chi connectivity index (χ0) is 13.1. The summed E-state index contributed by atoms with van der Waals surface area (Å²) in [5.41, 5.74) is 0.881. The van der Waals surface area contributed by atoms with Crippen LogP contribution in [0.4, 0.5) is 4.39 Å². The average Bonchev–Trinajstić information content (AvgIpc) is 2.18. The molecule has 0 bridgehead atoms. The minimum atomic E-state index is -0.357. The Hall–Kier alpha value is -1.03. The van der Waals surface area contributed by atoms with E-state index in [0.717, 1.165) is 5.56 Å². The fourth-order valence-corrected chi connectivity index (χ4v) is 1.97. The lowest BCUT2D eigenvalue weighted by atomic mass is 9.87. The summed E-state index contributed by atoms with van der Waals surface area (Å²) in [7, 11) is 0. The molecule has 0 radical (unpaired) electrons. The fourth-order valence-electron chi connectivity index (χ4n) is 1.26. The highest BCUT2D eigenvalue weighted by Gasteiger charge is 2.15. The van der Waals surface area contributed by atoms with Crippen molar-refractivity contribution in [1.82, 2.24) is 0 Å². The lowest BCUT2D eigenvalue weighted by Crippen LogP contribution is -2.11. The van der Waals surface area contributed by atoms with Crippen molar-refractivity contribution < 1.29 is 13.9 Å². The van der Waals surface area contributed by atoms with E-state index in [2.05, 4.69) is 0 Å². The molecule has 0 spiro atoms. The van der Waals surface area contributed by atoms with Crippen LogP contribution in [-0.4, -0.2) is 11.9 Å². The number of carbonyl (C=O) groups is 1. The molecule has 1 aromatic carbocycles. The molecule has 0 heterocycles. The number of carbonyl (C=O) groups excluding carboxylic acids is 1. The third-order valence-electron chi connectivity index (χ3n) is 2.27. The number of thioether (sulfide) groups is 1. The van der Waals surface area contributed by atoms with Crippen LogP contribution in [0.3, 0.4) is 0 Å². The van der Waals surface area contributed by atoms with Crippen LogP contribution in [0.2, 0.25) is 0 Å². The molecule has 4 heteroatoms. The van der Waals surface area contributed by atoms with E-state index in [1.807, 2.05) is 26.8 Å². The predicted octanol–water partition coefficient (Wildman–Crippen LogP) is 3.74. The van der Waals surface area contributed by atoms with Gasteiger partial charge in [0.15, 0.2) is 0 Å². The zero-order valence-electron chi connectivity index (χ0n) is 10.5. The van der Waals surface area contributed by atoms with E-state index in [1.54, 1.807) is 6.07 Å². The van der Waals surface area contributed by atoms with Gasteiger partial charge >= 0.3 is 5.97 Å². The van der Waals surface area contributed by atoms with Crippen molar-refractivity contribution in [2.24, 2.45) is 0 Å². The Labute approximate surface area is 106 Å². The van der Waals surface area contributed by atoms with Crippen molar-refractivity contribution >= 4 is 17.7 Å². The van der Waals surface area contributed by atoms with Gasteiger partial charge in [-0.1, -0.05) is 38.6 Å². The summed E-state index contributed by atoms with van der Waals surface area (Å²) >= 11 is 1.18. The van der Waals surface area contributed by atoms with Crippen molar-refractivity contribution in [2.75, 3.05) is 5.94 Å². The summed E-state index contributed by atoms with van der Waals surface area (Å²) in [6, 6.07) is 5.17. The number of rotatable bonds is 3. The summed E-state index contributed by atoms with van der Waals surface area (Å²) in [6.45, 7) is 7.44. The minimum Gasteiger partial charge on any atom is -0.454 e. The van der Waals surface area contributed by atoms with Crippen LogP contribution in [0.25, 0.3) is 0 Å². The van der Waals surface area contributed by atoms with Crippen LogP contribution >= 0.6 is 11.8 Å². The molecule has 0 fully saturated rings. The smallest absolute Gasteiger partial charge is 0.303 e. The lowest BCUT2D eigenvalue weighted by Gasteiger charge is -2.19. The van der Waals surface area contributed by atoms with Crippen LogP contribution in [0.15, 0.2) is 23.1 Å². The molecule has 17 heavy (non-hydrogen) atoms. The summed E-state index contributed by atoms with van der Waals surface area (Å²) in [5.74, 6) is -0.486. The van der Waals surface area contributed by atoms with Crippen LogP contribution in [0.1, 0.15) is 33.3 Å². The van der Waals surface area contributed by atoms with E-state index in [0.29, 0.717) is 4.90 Å². The molecule has 0 aliphatic heterocycles. The Bertz CT molecular complexity index is 410. The number of ether oxygens (including phenoxy) is 1. The second kappa shape index (κ2) is 5.54. The average molecular weight is 256 g/mol. The van der Waals surface area contributed by atoms with Gasteiger partial charge in [0.05, 0.1) is 0 Å². The Balaban J connectivity index is 2.73. The Morgan fingerprint density at radius 1 is 1.41 bits per heavy atom. The summed E-state index contributed by atoms with van der Waals surface area (Å²) in [4.78, 5) is 11.1. The van der Waals surface area contributed by atoms with Gasteiger partial charge < -0.3 is 4.74 Å². The Morgan fingerprint density at radius 3 is 2.53 bits per heavy atom. The van der Waals surface area contributed by atoms with Gasteiger partial charge in [0, 0.05) is 11.8 Å². The van der Waals surface area contributed by atoms with Gasteiger partial charge in [0.1, 0.15) is 11.8 Å². The maximum Gasteiger partial charge on any atom is 0.303 e. The van der Waals surface area contributed by atoms with Gasteiger partial charge in [0.2, 0.25) is 0 Å². The third-order valence-corrected chi connectivity index (χ3v) is 3.15. The number of halogens is 1. The van der Waals surface area contributed by atoms with Gasteiger partial charge in [-0.05, 0) is 23.1 Å². The number of hydrogen-bond acceptors (Lipinski definition) is 3. The zero-order valence-corrected chi connectivity index (χ0v) is 11.4. The van der Waals surface area contributed by atoms with E-state index >= 15 is 0 Å². The van der Waals surface area contributed by atoms with Gasteiger partial charge in [0.25, 0.3) is 0 Å². The lowest BCUT2D eigenvalue weighted by molar-refractivity contribution is -0.138. The second-order valence-corrected chi connectivity index (χ2v) is 5.76. The van der Waals surface area contributed by atoms with Crippen LogP contribution < -0.4 is 0 Å². The predicted molar refractivity (Wildman–Crippen MR) is 67.6 cm³/mol. The molecule has 0 atom stereocenters. The molecule has 94 valence electrons. The van der Waals surface area contributed by atoms with E-state index in [1.165, 1.54) is 24.8 Å². The molecule has 0 aliphatic rings. The number of hydrogen-bond donors (Lipinski definition) is 0. The first-order valence-electron chi connectivity index (χ1n) is 5.37. The van der Waals surface area contributed by atoms with Crippen LogP contribution in [0, 0.1) is 5.82 Å². The molecule has 0 saturated heterocycles. The third kappa shape index (κ3) is 4.38. The largest absolute Gasteiger partial charge is 0.454 e. The SMILES string of the molecule is CC(=O)OCSc1ccc(C(C)(C)C)cc1F. The van der Waals surface area contributed by atoms with Crippen molar-refractivity contribution in [3.63, 3.8) is 0 Å². The highest BCUT2D eigenvalue weighted by molar-refractivity contribution is 7.99. The Morgan fingerprint density at radius 2 is 2.06 bits per heavy atom. The first kappa shape index (κ1) is 14.0. The van der Waals surface area contributed by atoms with Crippen molar-refractivity contribution in [2.45, 2.75) is 38.0 Å². The second-order valence-electron chi connectivity index (χ2n) is 4.79. The van der Waals surface area contributed by atoms with E-state index in [9.17, 15) is 9.18 Å². The summed E-state index contributed by atoms with van der Waals surface area (Å²) in [5, 5.41) is 0. The first-order chi connectivity index (χ1) is 7.80. The molecule has 1 aromatic rings. The number of esters is 1. The monoisotopic (exact) mass is 256 g/mol. The molecule has 0 N–H and O–H groups in total. The van der Waals surface area contributed by atoms with Crippen LogP contribution in [-0.2, 0) is 14.9 Å². The van der Waals surface area contributed by atoms with Crippen LogP contribution in [0.5, 0.6) is 0 Å². The maximum atomic E-state index is 13.7. The van der Waals surface area contributed by atoms with Gasteiger partial charge in [-0.2, -0.15) is 0 Å². The summed E-state index contributed by atoms with van der Waals surface area (Å²) < 4.78 is 18.5. The van der Waals surface area contributed by atoms with Crippen molar-refractivity contribution in [1.29, 1.82) is 0 Å². The molecular formula is C13H17FO2S. The Kier molecular flexibility index (Phi) is 4.57. The minimum absolute atomic E-state index is 0.0695. The van der Waals surface area contributed by atoms with Crippen molar-refractivity contribution in [3.05, 3.63) is 29.6 Å². The maximum absolute atomic E-state index is 13.7. The molecule has 0 unspecified atom stereocenters. The molecule has 2 nitrogen and oxygen atoms in total. The fraction of sp³-hybridized carbons (Fsp3) is 0.462. The van der Waals surface area contributed by atoms with Gasteiger partial charge in [-0.25, -0.2) is 4.39 Å². The molecule has 1 rings (SSSR count).